The molecule has 5 rings (SSSR count). The lowest BCUT2D eigenvalue weighted by molar-refractivity contribution is -0.137. The molecule has 1 aliphatic rings. The Hall–Kier alpha value is -3.34. The number of alkyl halides is 3. The largest absolute Gasteiger partial charge is 0.494 e. The standard InChI is InChI=1S/C24H22F4N4O2S/c1-14-5-3-6-17(25)20(14)30-10-9-16(12-30)32-18-7-4-8-19(34-2)21(18)31(23(32)33)11-15-13-35-22(29-15)24(26,27)28/h3-8,13,16H,9-12H2,1-2H3. The fraction of sp³-hybridized carbons (Fsp3) is 0.333. The average Bonchev–Trinajstić information content (AvgIpc) is 3.52. The second kappa shape index (κ2) is 8.71. The summed E-state index contributed by atoms with van der Waals surface area (Å²) in [6.07, 6.45) is -3.93. The molecular formula is C24H22F4N4O2S. The molecule has 0 saturated carbocycles. The molecule has 0 amide bonds. The van der Waals surface area contributed by atoms with Gasteiger partial charge in [-0.1, -0.05) is 18.2 Å². The molecule has 11 heteroatoms. The minimum Gasteiger partial charge on any atom is -0.494 e. The molecule has 6 nitrogen and oxygen atoms in total. The fourth-order valence-electron chi connectivity index (χ4n) is 4.82. The van der Waals surface area contributed by atoms with Gasteiger partial charge in [-0.25, -0.2) is 14.2 Å². The van der Waals surface area contributed by atoms with Crippen molar-refractivity contribution in [1.82, 2.24) is 14.1 Å². The summed E-state index contributed by atoms with van der Waals surface area (Å²) in [5.74, 6) is 0.121. The van der Waals surface area contributed by atoms with Crippen molar-refractivity contribution in [1.29, 1.82) is 0 Å². The van der Waals surface area contributed by atoms with Gasteiger partial charge in [0.15, 0.2) is 5.01 Å². The third kappa shape index (κ3) is 4.07. The SMILES string of the molecule is COc1cccc2c1n(Cc1csc(C(F)(F)F)n1)c(=O)n2C1CCN(c2c(C)cccc2F)C1. The molecule has 1 aliphatic heterocycles. The monoisotopic (exact) mass is 506 g/mol. The van der Waals surface area contributed by atoms with Gasteiger partial charge < -0.3 is 9.64 Å². The number of hydrogen-bond donors (Lipinski definition) is 0. The number of methoxy groups -OCH3 is 1. The van der Waals surface area contributed by atoms with Crippen molar-refractivity contribution in [3.63, 3.8) is 0 Å². The minimum absolute atomic E-state index is 0.127. The van der Waals surface area contributed by atoms with Gasteiger partial charge in [0.1, 0.15) is 17.1 Å². The maximum atomic E-state index is 14.6. The van der Waals surface area contributed by atoms with Gasteiger partial charge >= 0.3 is 11.9 Å². The number of aromatic nitrogens is 3. The van der Waals surface area contributed by atoms with Gasteiger partial charge in [-0.15, -0.1) is 11.3 Å². The molecule has 35 heavy (non-hydrogen) atoms. The van der Waals surface area contributed by atoms with E-state index < -0.39 is 11.2 Å². The Kier molecular flexibility index (Phi) is 5.82. The van der Waals surface area contributed by atoms with Crippen LogP contribution in [0.2, 0.25) is 0 Å². The molecule has 1 unspecified atom stereocenters. The van der Waals surface area contributed by atoms with Crippen LogP contribution in [0, 0.1) is 12.7 Å². The number of imidazole rings is 1. The number of fused-ring (bicyclic) bond motifs is 1. The summed E-state index contributed by atoms with van der Waals surface area (Å²) in [5, 5.41) is 0.356. The highest BCUT2D eigenvalue weighted by Gasteiger charge is 2.35. The molecule has 0 radical (unpaired) electrons. The van der Waals surface area contributed by atoms with E-state index in [2.05, 4.69) is 4.98 Å². The van der Waals surface area contributed by atoms with Crippen LogP contribution in [0.1, 0.15) is 28.7 Å². The van der Waals surface area contributed by atoms with Crippen LogP contribution >= 0.6 is 11.3 Å². The van der Waals surface area contributed by atoms with Crippen molar-refractivity contribution in [3.8, 4) is 5.75 Å². The summed E-state index contributed by atoms with van der Waals surface area (Å²) in [6.45, 7) is 2.71. The maximum Gasteiger partial charge on any atom is 0.443 e. The van der Waals surface area contributed by atoms with Gasteiger partial charge in [0, 0.05) is 18.5 Å². The van der Waals surface area contributed by atoms with E-state index >= 15 is 0 Å². The summed E-state index contributed by atoms with van der Waals surface area (Å²) in [5.41, 5.74) is 2.20. The van der Waals surface area contributed by atoms with E-state index in [0.29, 0.717) is 53.3 Å². The number of rotatable bonds is 5. The lowest BCUT2D eigenvalue weighted by Gasteiger charge is -2.21. The highest BCUT2D eigenvalue weighted by Crippen LogP contribution is 2.35. The van der Waals surface area contributed by atoms with Crippen LogP contribution < -0.4 is 15.3 Å². The first kappa shape index (κ1) is 23.4. The quantitative estimate of drug-likeness (QED) is 0.348. The van der Waals surface area contributed by atoms with Crippen LogP contribution in [0.3, 0.4) is 0 Å². The second-order valence-corrected chi connectivity index (χ2v) is 9.36. The Morgan fingerprint density at radius 3 is 2.66 bits per heavy atom. The predicted molar refractivity (Wildman–Crippen MR) is 126 cm³/mol. The Bertz CT molecular complexity index is 1440. The average molecular weight is 507 g/mol. The number of halogens is 4. The van der Waals surface area contributed by atoms with E-state index in [-0.39, 0.29) is 29.8 Å². The van der Waals surface area contributed by atoms with Gasteiger partial charge in [-0.05, 0) is 37.1 Å². The zero-order valence-electron chi connectivity index (χ0n) is 19.0. The Morgan fingerprint density at radius 2 is 1.97 bits per heavy atom. The summed E-state index contributed by atoms with van der Waals surface area (Å²) in [7, 11) is 1.48. The van der Waals surface area contributed by atoms with Crippen molar-refractivity contribution in [2.45, 2.75) is 32.1 Å². The highest BCUT2D eigenvalue weighted by molar-refractivity contribution is 7.09. The van der Waals surface area contributed by atoms with Crippen LogP contribution in [0.4, 0.5) is 23.2 Å². The number of ether oxygens (including phenoxy) is 1. The summed E-state index contributed by atoms with van der Waals surface area (Å²) >= 11 is 0.498. The van der Waals surface area contributed by atoms with Crippen LogP contribution in [-0.2, 0) is 12.7 Å². The van der Waals surface area contributed by atoms with Gasteiger partial charge in [-0.3, -0.25) is 9.13 Å². The smallest absolute Gasteiger partial charge is 0.443 e. The molecule has 0 aliphatic carbocycles. The lowest BCUT2D eigenvalue weighted by Crippen LogP contribution is -2.30. The molecule has 0 spiro atoms. The van der Waals surface area contributed by atoms with Gasteiger partial charge in [0.25, 0.3) is 0 Å². The summed E-state index contributed by atoms with van der Waals surface area (Å²) < 4.78 is 62.3. The van der Waals surface area contributed by atoms with E-state index in [1.54, 1.807) is 28.8 Å². The van der Waals surface area contributed by atoms with Gasteiger partial charge in [0.2, 0.25) is 0 Å². The zero-order chi connectivity index (χ0) is 24.9. The molecule has 2 aromatic heterocycles. The van der Waals surface area contributed by atoms with E-state index in [1.807, 2.05) is 17.9 Å². The van der Waals surface area contributed by atoms with Crippen molar-refractivity contribution >= 4 is 28.1 Å². The topological polar surface area (TPSA) is 52.3 Å². The first-order valence-electron chi connectivity index (χ1n) is 11.0. The highest BCUT2D eigenvalue weighted by atomic mass is 32.1. The molecule has 2 aromatic carbocycles. The Morgan fingerprint density at radius 1 is 1.20 bits per heavy atom. The number of anilines is 1. The molecule has 1 fully saturated rings. The van der Waals surface area contributed by atoms with Crippen molar-refractivity contribution in [3.05, 3.63) is 74.3 Å². The minimum atomic E-state index is -4.54. The first-order valence-corrected chi connectivity index (χ1v) is 11.9. The third-order valence-corrected chi connectivity index (χ3v) is 7.25. The van der Waals surface area contributed by atoms with E-state index in [9.17, 15) is 22.4 Å². The number of aryl methyl sites for hydroxylation is 1. The van der Waals surface area contributed by atoms with E-state index in [1.165, 1.54) is 23.1 Å². The molecule has 0 N–H and O–H groups in total. The lowest BCUT2D eigenvalue weighted by atomic mass is 10.2. The van der Waals surface area contributed by atoms with E-state index in [4.69, 9.17) is 4.74 Å². The molecule has 1 saturated heterocycles. The van der Waals surface area contributed by atoms with Crippen molar-refractivity contribution < 1.29 is 22.3 Å². The Labute approximate surface area is 202 Å². The molecule has 184 valence electrons. The third-order valence-electron chi connectivity index (χ3n) is 6.31. The van der Waals surface area contributed by atoms with Crippen molar-refractivity contribution in [2.75, 3.05) is 25.1 Å². The van der Waals surface area contributed by atoms with E-state index in [0.717, 1.165) is 5.56 Å². The van der Waals surface area contributed by atoms with Crippen LogP contribution in [0.25, 0.3) is 11.0 Å². The number of hydrogen-bond acceptors (Lipinski definition) is 5. The fourth-order valence-corrected chi connectivity index (χ4v) is 5.50. The number of para-hydroxylation sites is 2. The molecule has 1 atom stereocenters. The summed E-state index contributed by atoms with van der Waals surface area (Å²) in [6, 6.07) is 9.93. The molecule has 3 heterocycles. The van der Waals surface area contributed by atoms with Gasteiger partial charge in [0.05, 0.1) is 36.6 Å². The predicted octanol–water partition coefficient (Wildman–Crippen LogP) is 5.23. The zero-order valence-corrected chi connectivity index (χ0v) is 19.8. The van der Waals surface area contributed by atoms with Crippen LogP contribution in [0.5, 0.6) is 5.75 Å². The maximum absolute atomic E-state index is 14.6. The summed E-state index contributed by atoms with van der Waals surface area (Å²) in [4.78, 5) is 19.3. The number of benzene rings is 2. The van der Waals surface area contributed by atoms with Crippen LogP contribution in [-0.4, -0.2) is 34.3 Å². The normalized spacial score (nSPS) is 16.4. The van der Waals surface area contributed by atoms with Crippen molar-refractivity contribution in [2.24, 2.45) is 0 Å². The molecular weight excluding hydrogens is 484 g/mol. The molecule has 4 aromatic rings. The van der Waals surface area contributed by atoms with Crippen LogP contribution in [0.15, 0.2) is 46.6 Å². The number of thiazole rings is 1. The molecule has 0 bridgehead atoms. The second-order valence-electron chi connectivity index (χ2n) is 8.50. The first-order chi connectivity index (χ1) is 16.7. The Balaban J connectivity index is 1.57. The van der Waals surface area contributed by atoms with Gasteiger partial charge in [-0.2, -0.15) is 13.2 Å². The number of nitrogens with zero attached hydrogens (tertiary/aromatic N) is 4.